The molecule has 0 amide bonds. The van der Waals surface area contributed by atoms with Crippen molar-refractivity contribution in [3.63, 3.8) is 0 Å². The number of rotatable bonds is 4. The Bertz CT molecular complexity index is 225. The number of nitrogens with zero attached hydrogens (tertiary/aromatic N) is 1. The van der Waals surface area contributed by atoms with Gasteiger partial charge in [-0.05, 0) is 59.0 Å². The third kappa shape index (κ3) is 2.43. The van der Waals surface area contributed by atoms with Gasteiger partial charge in [0.15, 0.2) is 0 Å². The molecule has 1 heterocycles. The quantitative estimate of drug-likeness (QED) is 0.790. The van der Waals surface area contributed by atoms with Crippen LogP contribution in [0.5, 0.6) is 0 Å². The van der Waals surface area contributed by atoms with Gasteiger partial charge in [0.2, 0.25) is 0 Å². The minimum Gasteiger partial charge on any atom is -0.312 e. The molecule has 2 rings (SSSR count). The van der Waals surface area contributed by atoms with E-state index in [2.05, 4.69) is 31.0 Å². The summed E-state index contributed by atoms with van der Waals surface area (Å²) in [4.78, 5) is 2.79. The fourth-order valence-corrected chi connectivity index (χ4v) is 3.62. The third-order valence-electron chi connectivity index (χ3n) is 4.50. The van der Waals surface area contributed by atoms with Gasteiger partial charge in [-0.1, -0.05) is 13.3 Å². The lowest BCUT2D eigenvalue weighted by Gasteiger charge is -2.39. The molecule has 2 unspecified atom stereocenters. The SMILES string of the molecule is CCCNC1CCCC1N1CCCC1(C)C. The highest BCUT2D eigenvalue weighted by molar-refractivity contribution is 4.99. The highest BCUT2D eigenvalue weighted by Crippen LogP contribution is 2.36. The summed E-state index contributed by atoms with van der Waals surface area (Å²) in [6.45, 7) is 9.62. The van der Waals surface area contributed by atoms with E-state index >= 15 is 0 Å². The van der Waals surface area contributed by atoms with Crippen LogP contribution in [0.15, 0.2) is 0 Å². The molecule has 2 aliphatic rings. The molecule has 1 aliphatic heterocycles. The second kappa shape index (κ2) is 5.05. The van der Waals surface area contributed by atoms with Gasteiger partial charge in [0.25, 0.3) is 0 Å². The second-order valence-corrected chi connectivity index (χ2v) is 6.17. The van der Waals surface area contributed by atoms with Crippen LogP contribution >= 0.6 is 0 Å². The first-order chi connectivity index (χ1) is 7.65. The summed E-state index contributed by atoms with van der Waals surface area (Å²) < 4.78 is 0. The number of hydrogen-bond acceptors (Lipinski definition) is 2. The van der Waals surface area contributed by atoms with Gasteiger partial charge in [-0.2, -0.15) is 0 Å². The molecule has 1 N–H and O–H groups in total. The van der Waals surface area contributed by atoms with Crippen molar-refractivity contribution >= 4 is 0 Å². The Kier molecular flexibility index (Phi) is 3.91. The monoisotopic (exact) mass is 224 g/mol. The number of nitrogens with one attached hydrogen (secondary N) is 1. The summed E-state index contributed by atoms with van der Waals surface area (Å²) in [5.74, 6) is 0. The summed E-state index contributed by atoms with van der Waals surface area (Å²) >= 11 is 0. The zero-order chi connectivity index (χ0) is 11.6. The van der Waals surface area contributed by atoms with Crippen molar-refractivity contribution in [3.05, 3.63) is 0 Å². The van der Waals surface area contributed by atoms with Crippen molar-refractivity contribution in [1.82, 2.24) is 10.2 Å². The minimum atomic E-state index is 0.446. The Labute approximate surface area is 101 Å². The summed E-state index contributed by atoms with van der Waals surface area (Å²) in [7, 11) is 0. The molecule has 0 spiro atoms. The maximum absolute atomic E-state index is 3.75. The molecular formula is C14H28N2. The minimum absolute atomic E-state index is 0.446. The molecular weight excluding hydrogens is 196 g/mol. The van der Waals surface area contributed by atoms with Gasteiger partial charge in [-0.25, -0.2) is 0 Å². The lowest BCUT2D eigenvalue weighted by Crippen LogP contribution is -2.52. The molecule has 0 radical (unpaired) electrons. The van der Waals surface area contributed by atoms with E-state index in [4.69, 9.17) is 0 Å². The summed E-state index contributed by atoms with van der Waals surface area (Å²) in [5, 5.41) is 3.75. The Hall–Kier alpha value is -0.0800. The van der Waals surface area contributed by atoms with Crippen LogP contribution in [0.25, 0.3) is 0 Å². The number of likely N-dealkylation sites (tertiary alicyclic amines) is 1. The van der Waals surface area contributed by atoms with Crippen LogP contribution in [-0.4, -0.2) is 35.6 Å². The maximum Gasteiger partial charge on any atom is 0.0254 e. The highest BCUT2D eigenvalue weighted by atomic mass is 15.3. The first-order valence-electron chi connectivity index (χ1n) is 7.15. The van der Waals surface area contributed by atoms with Crippen LogP contribution in [0.2, 0.25) is 0 Å². The molecule has 1 saturated heterocycles. The van der Waals surface area contributed by atoms with E-state index in [0.717, 1.165) is 12.1 Å². The maximum atomic E-state index is 3.75. The number of hydrogen-bond donors (Lipinski definition) is 1. The van der Waals surface area contributed by atoms with Crippen molar-refractivity contribution in [2.75, 3.05) is 13.1 Å². The fourth-order valence-electron chi connectivity index (χ4n) is 3.62. The Morgan fingerprint density at radius 3 is 2.69 bits per heavy atom. The predicted octanol–water partition coefficient (Wildman–Crippen LogP) is 2.78. The fraction of sp³-hybridized carbons (Fsp3) is 1.00. The van der Waals surface area contributed by atoms with Crippen LogP contribution < -0.4 is 5.32 Å². The molecule has 0 aromatic carbocycles. The van der Waals surface area contributed by atoms with Crippen LogP contribution in [0.4, 0.5) is 0 Å². The van der Waals surface area contributed by atoms with Gasteiger partial charge < -0.3 is 5.32 Å². The molecule has 2 fully saturated rings. The Morgan fingerprint density at radius 2 is 2.06 bits per heavy atom. The van der Waals surface area contributed by atoms with Gasteiger partial charge >= 0.3 is 0 Å². The Morgan fingerprint density at radius 1 is 1.25 bits per heavy atom. The summed E-state index contributed by atoms with van der Waals surface area (Å²) in [6.07, 6.45) is 8.24. The van der Waals surface area contributed by atoms with E-state index in [9.17, 15) is 0 Å². The van der Waals surface area contributed by atoms with E-state index in [1.165, 1.54) is 51.6 Å². The molecule has 0 aromatic heterocycles. The molecule has 0 aromatic rings. The second-order valence-electron chi connectivity index (χ2n) is 6.17. The van der Waals surface area contributed by atoms with Gasteiger partial charge in [-0.3, -0.25) is 4.90 Å². The van der Waals surface area contributed by atoms with E-state index in [1.54, 1.807) is 0 Å². The first-order valence-corrected chi connectivity index (χ1v) is 7.15. The molecule has 0 bridgehead atoms. The molecule has 1 aliphatic carbocycles. The molecule has 2 heteroatoms. The molecule has 2 atom stereocenters. The van der Waals surface area contributed by atoms with E-state index in [1.807, 2.05) is 0 Å². The third-order valence-corrected chi connectivity index (χ3v) is 4.50. The van der Waals surface area contributed by atoms with Gasteiger partial charge in [0, 0.05) is 17.6 Å². The average molecular weight is 224 g/mol. The van der Waals surface area contributed by atoms with E-state index in [0.29, 0.717) is 5.54 Å². The lowest BCUT2D eigenvalue weighted by molar-refractivity contribution is 0.101. The van der Waals surface area contributed by atoms with Crippen molar-refractivity contribution in [2.24, 2.45) is 0 Å². The summed E-state index contributed by atoms with van der Waals surface area (Å²) in [6, 6.07) is 1.57. The van der Waals surface area contributed by atoms with Crippen LogP contribution in [0.1, 0.15) is 59.3 Å². The first kappa shape index (κ1) is 12.4. The standard InChI is InChI=1S/C14H28N2/c1-4-10-15-12-7-5-8-13(12)16-11-6-9-14(16,2)3/h12-13,15H,4-11H2,1-3H3. The Balaban J connectivity index is 1.96. The van der Waals surface area contributed by atoms with Gasteiger partial charge in [0.05, 0.1) is 0 Å². The van der Waals surface area contributed by atoms with E-state index < -0.39 is 0 Å². The lowest BCUT2D eigenvalue weighted by atomic mass is 9.99. The van der Waals surface area contributed by atoms with Crippen LogP contribution in [0, 0.1) is 0 Å². The molecule has 1 saturated carbocycles. The molecule has 2 nitrogen and oxygen atoms in total. The smallest absolute Gasteiger partial charge is 0.0254 e. The van der Waals surface area contributed by atoms with Crippen molar-refractivity contribution in [2.45, 2.75) is 76.9 Å². The predicted molar refractivity (Wildman–Crippen MR) is 69.7 cm³/mol. The van der Waals surface area contributed by atoms with E-state index in [-0.39, 0.29) is 0 Å². The van der Waals surface area contributed by atoms with Gasteiger partial charge in [0.1, 0.15) is 0 Å². The highest BCUT2D eigenvalue weighted by Gasteiger charge is 2.41. The largest absolute Gasteiger partial charge is 0.312 e. The molecule has 94 valence electrons. The van der Waals surface area contributed by atoms with Crippen molar-refractivity contribution in [3.8, 4) is 0 Å². The normalized spacial score (nSPS) is 34.7. The van der Waals surface area contributed by atoms with Crippen molar-refractivity contribution < 1.29 is 0 Å². The topological polar surface area (TPSA) is 15.3 Å². The van der Waals surface area contributed by atoms with Gasteiger partial charge in [-0.15, -0.1) is 0 Å². The zero-order valence-electron chi connectivity index (χ0n) is 11.3. The summed E-state index contributed by atoms with van der Waals surface area (Å²) in [5.41, 5.74) is 0.446. The molecule has 16 heavy (non-hydrogen) atoms. The van der Waals surface area contributed by atoms with Crippen molar-refractivity contribution in [1.29, 1.82) is 0 Å². The zero-order valence-corrected chi connectivity index (χ0v) is 11.3. The van der Waals surface area contributed by atoms with Crippen LogP contribution in [0.3, 0.4) is 0 Å². The average Bonchev–Trinajstić information content (AvgIpc) is 2.80. The van der Waals surface area contributed by atoms with Crippen LogP contribution in [-0.2, 0) is 0 Å².